The lowest BCUT2D eigenvalue weighted by atomic mass is 9.93. The van der Waals surface area contributed by atoms with Crippen molar-refractivity contribution in [1.82, 2.24) is 4.98 Å². The summed E-state index contributed by atoms with van der Waals surface area (Å²) in [6, 6.07) is 11.7. The molecule has 1 aromatic carbocycles. The van der Waals surface area contributed by atoms with Crippen LogP contribution in [0.4, 0.5) is 0 Å². The lowest BCUT2D eigenvalue weighted by Crippen LogP contribution is -2.37. The highest BCUT2D eigenvalue weighted by Crippen LogP contribution is 2.51. The molecule has 1 aliphatic heterocycles. The molecule has 28 heavy (non-hydrogen) atoms. The number of halogens is 1. The highest BCUT2D eigenvalue weighted by molar-refractivity contribution is 7.94. The van der Waals surface area contributed by atoms with Crippen LogP contribution >= 0.6 is 11.6 Å². The van der Waals surface area contributed by atoms with Gasteiger partial charge in [0.05, 0.1) is 5.02 Å². The van der Waals surface area contributed by atoms with E-state index in [-0.39, 0.29) is 16.5 Å². The fraction of sp³-hybridized carbons (Fsp3) is 0.300. The largest absolute Gasteiger partial charge is 0.438 e. The summed E-state index contributed by atoms with van der Waals surface area (Å²) >= 11 is 5.87. The Morgan fingerprint density at radius 2 is 1.89 bits per heavy atom. The maximum absolute atomic E-state index is 12.7. The van der Waals surface area contributed by atoms with Crippen molar-refractivity contribution in [2.45, 2.75) is 31.5 Å². The van der Waals surface area contributed by atoms with Crippen molar-refractivity contribution in [3.63, 3.8) is 0 Å². The van der Waals surface area contributed by atoms with Crippen molar-refractivity contribution < 1.29 is 22.7 Å². The van der Waals surface area contributed by atoms with Crippen molar-refractivity contribution in [1.29, 1.82) is 0 Å². The first-order chi connectivity index (χ1) is 13.2. The highest BCUT2D eigenvalue weighted by Gasteiger charge is 2.58. The Hall–Kier alpha value is -2.22. The van der Waals surface area contributed by atoms with E-state index < -0.39 is 21.0 Å². The number of nitrogens with zero attached hydrogens (tertiary/aromatic N) is 1. The van der Waals surface area contributed by atoms with E-state index in [1.54, 1.807) is 50.2 Å². The molecular formula is C20H20ClNO5S. The van der Waals surface area contributed by atoms with Crippen molar-refractivity contribution in [2.75, 3.05) is 6.26 Å². The van der Waals surface area contributed by atoms with E-state index in [9.17, 15) is 13.2 Å². The number of sulfone groups is 1. The summed E-state index contributed by atoms with van der Waals surface area (Å²) in [6.07, 6.45) is 3.33. The zero-order valence-corrected chi connectivity index (χ0v) is 17.3. The first-order valence-corrected chi connectivity index (χ1v) is 10.9. The minimum atomic E-state index is -3.77. The maximum atomic E-state index is 12.7. The zero-order valence-electron chi connectivity index (χ0n) is 15.7. The summed E-state index contributed by atoms with van der Waals surface area (Å²) in [5, 5.41) is 0.399. The fourth-order valence-electron chi connectivity index (χ4n) is 3.32. The number of carbonyl (C=O) groups excluding carboxylic acids is 1. The molecule has 1 aromatic heterocycles. The second-order valence-corrected chi connectivity index (χ2v) is 9.14. The van der Waals surface area contributed by atoms with Crippen molar-refractivity contribution in [3.05, 3.63) is 69.9 Å². The van der Waals surface area contributed by atoms with Gasteiger partial charge in [-0.1, -0.05) is 48.9 Å². The van der Waals surface area contributed by atoms with Crippen LogP contribution in [0, 0.1) is 0 Å². The summed E-state index contributed by atoms with van der Waals surface area (Å²) in [7, 11) is -3.77. The minimum absolute atomic E-state index is 0.0739. The smallest absolute Gasteiger partial charge is 0.219 e. The van der Waals surface area contributed by atoms with Crippen molar-refractivity contribution in [3.8, 4) is 5.88 Å². The first-order valence-electron chi connectivity index (χ1n) is 8.63. The number of hydrogen-bond acceptors (Lipinski definition) is 6. The average Bonchev–Trinajstić information content (AvgIpc) is 2.94. The van der Waals surface area contributed by atoms with Crippen LogP contribution in [0.5, 0.6) is 5.88 Å². The third-order valence-electron chi connectivity index (χ3n) is 4.73. The molecule has 0 N–H and O–H groups in total. The van der Waals surface area contributed by atoms with Gasteiger partial charge < -0.3 is 9.47 Å². The molecule has 0 radical (unpaired) electrons. The molecule has 0 fully saturated rings. The number of aldehydes is 1. The predicted octanol–water partition coefficient (Wildman–Crippen LogP) is 3.66. The second-order valence-electron chi connectivity index (χ2n) is 6.75. The quantitative estimate of drug-likeness (QED) is 0.662. The number of pyridine rings is 1. The fourth-order valence-corrected chi connectivity index (χ4v) is 4.93. The number of carbonyl (C=O) groups is 1. The van der Waals surface area contributed by atoms with Gasteiger partial charge in [0.25, 0.3) is 0 Å². The molecule has 0 saturated carbocycles. The number of benzene rings is 1. The van der Waals surface area contributed by atoms with Gasteiger partial charge in [0.2, 0.25) is 11.5 Å². The molecule has 0 bridgehead atoms. The van der Waals surface area contributed by atoms with Crippen molar-refractivity contribution in [2.24, 2.45) is 0 Å². The molecule has 3 rings (SSSR count). The van der Waals surface area contributed by atoms with Gasteiger partial charge in [-0.3, -0.25) is 4.79 Å². The summed E-state index contributed by atoms with van der Waals surface area (Å²) in [6.45, 7) is 3.42. The van der Waals surface area contributed by atoms with Gasteiger partial charge >= 0.3 is 0 Å². The molecule has 2 atom stereocenters. The van der Waals surface area contributed by atoms with Gasteiger partial charge in [-0.15, -0.1) is 0 Å². The van der Waals surface area contributed by atoms with Crippen LogP contribution in [0.1, 0.15) is 25.8 Å². The molecule has 6 nitrogen and oxygen atoms in total. The molecule has 0 amide bonds. The van der Waals surface area contributed by atoms with E-state index in [1.807, 2.05) is 0 Å². The van der Waals surface area contributed by atoms with Crippen LogP contribution in [0.15, 0.2) is 59.3 Å². The molecule has 0 saturated heterocycles. The number of aromatic nitrogens is 1. The highest BCUT2D eigenvalue weighted by atomic mass is 35.5. The molecule has 2 aromatic rings. The van der Waals surface area contributed by atoms with E-state index in [2.05, 4.69) is 4.98 Å². The summed E-state index contributed by atoms with van der Waals surface area (Å²) in [5.74, 6) is 0.00188. The summed E-state index contributed by atoms with van der Waals surface area (Å²) in [4.78, 5) is 16.4. The minimum Gasteiger partial charge on any atom is -0.438 e. The monoisotopic (exact) mass is 421 g/mol. The predicted molar refractivity (Wildman–Crippen MR) is 106 cm³/mol. The van der Waals surface area contributed by atoms with Crippen LogP contribution in [-0.2, 0) is 25.0 Å². The maximum Gasteiger partial charge on any atom is 0.219 e. The third-order valence-corrected chi connectivity index (χ3v) is 6.31. The van der Waals surface area contributed by atoms with Gasteiger partial charge in [0.1, 0.15) is 10.5 Å². The van der Waals surface area contributed by atoms with Gasteiger partial charge in [-0.25, -0.2) is 13.4 Å². The van der Waals surface area contributed by atoms with Gasteiger partial charge in [0.15, 0.2) is 21.9 Å². The number of ether oxygens (including phenoxy) is 2. The normalized spacial score (nSPS) is 25.0. The standard InChI is InChI=1S/C20H20ClNO5S/c1-4-19(2)18(28(3,24)25)17(26-16-11-10-15(21)12-22-16)20(13-23,27-19)14-8-6-5-7-9-14/h5-13H,4H2,1-3H3/t19-,20?/m1/s1. The zero-order chi connectivity index (χ0) is 20.6. The number of rotatable bonds is 6. The molecule has 0 spiro atoms. The summed E-state index contributed by atoms with van der Waals surface area (Å²) < 4.78 is 37.5. The van der Waals surface area contributed by atoms with Crippen LogP contribution in [0.25, 0.3) is 0 Å². The lowest BCUT2D eigenvalue weighted by Gasteiger charge is -2.30. The van der Waals surface area contributed by atoms with E-state index >= 15 is 0 Å². The molecule has 2 heterocycles. The Kier molecular flexibility index (Phi) is 5.36. The van der Waals surface area contributed by atoms with Crippen LogP contribution in [0.3, 0.4) is 0 Å². The molecule has 1 aliphatic rings. The van der Waals surface area contributed by atoms with E-state index in [4.69, 9.17) is 21.1 Å². The molecule has 1 unspecified atom stereocenters. The third kappa shape index (κ3) is 3.45. The second kappa shape index (κ2) is 7.31. The van der Waals surface area contributed by atoms with Gasteiger partial charge in [-0.05, 0) is 25.0 Å². The van der Waals surface area contributed by atoms with Gasteiger partial charge in [-0.2, -0.15) is 0 Å². The molecular weight excluding hydrogens is 402 g/mol. The Morgan fingerprint density at radius 3 is 2.39 bits per heavy atom. The Labute approximate surface area is 169 Å². The van der Waals surface area contributed by atoms with E-state index in [0.717, 1.165) is 6.26 Å². The average molecular weight is 422 g/mol. The van der Waals surface area contributed by atoms with Crippen molar-refractivity contribution >= 4 is 27.7 Å². The number of hydrogen-bond donors (Lipinski definition) is 0. The molecule has 148 valence electrons. The topological polar surface area (TPSA) is 82.6 Å². The van der Waals surface area contributed by atoms with Gasteiger partial charge in [0, 0.05) is 18.5 Å². The Bertz CT molecular complexity index is 1020. The van der Waals surface area contributed by atoms with Crippen LogP contribution in [-0.4, -0.2) is 31.5 Å². The van der Waals surface area contributed by atoms with E-state index in [0.29, 0.717) is 23.3 Å². The SMILES string of the molecule is CC[C@@]1(C)OC(C=O)(c2ccccc2)C(Oc2ccc(Cl)cn2)=C1S(C)(=O)=O. The lowest BCUT2D eigenvalue weighted by molar-refractivity contribution is -0.141. The Morgan fingerprint density at radius 1 is 1.21 bits per heavy atom. The molecule has 8 heteroatoms. The van der Waals surface area contributed by atoms with Crippen LogP contribution < -0.4 is 4.74 Å². The van der Waals surface area contributed by atoms with E-state index in [1.165, 1.54) is 12.3 Å². The van der Waals surface area contributed by atoms with Crippen LogP contribution in [0.2, 0.25) is 5.02 Å². The molecule has 0 aliphatic carbocycles. The summed E-state index contributed by atoms with van der Waals surface area (Å²) in [5.41, 5.74) is -2.50. The first kappa shape index (κ1) is 20.5. The Balaban J connectivity index is 2.31.